The van der Waals surface area contributed by atoms with Crippen molar-refractivity contribution >= 4 is 5.91 Å². The molecule has 0 spiro atoms. The smallest absolute Gasteiger partial charge is 0.225 e. The van der Waals surface area contributed by atoms with Gasteiger partial charge >= 0.3 is 0 Å². The summed E-state index contributed by atoms with van der Waals surface area (Å²) in [6.45, 7) is 14.9. The predicted molar refractivity (Wildman–Crippen MR) is 82.7 cm³/mol. The van der Waals surface area contributed by atoms with E-state index in [1.54, 1.807) is 7.11 Å². The summed E-state index contributed by atoms with van der Waals surface area (Å²) in [6, 6.07) is 0. The molecule has 0 aromatic carbocycles. The minimum absolute atomic E-state index is 0.0201. The first-order chi connectivity index (χ1) is 9.14. The third-order valence-corrected chi connectivity index (χ3v) is 3.51. The fraction of sp³-hybridized carbons (Fsp3) is 0.938. The Morgan fingerprint density at radius 2 is 1.80 bits per heavy atom. The summed E-state index contributed by atoms with van der Waals surface area (Å²) >= 11 is 0. The van der Waals surface area contributed by atoms with Gasteiger partial charge in [-0.25, -0.2) is 0 Å². The van der Waals surface area contributed by atoms with Crippen LogP contribution < -0.4 is 5.32 Å². The van der Waals surface area contributed by atoms with Gasteiger partial charge in [0.1, 0.15) is 0 Å². The molecule has 0 saturated heterocycles. The van der Waals surface area contributed by atoms with Crippen molar-refractivity contribution in [1.29, 1.82) is 0 Å². The highest BCUT2D eigenvalue weighted by molar-refractivity contribution is 5.81. The lowest BCUT2D eigenvalue weighted by atomic mass is 9.87. The third-order valence-electron chi connectivity index (χ3n) is 3.51. The standard InChI is InChI=1S/C16H33NO3/c1-8-16(6,11-17-14(18)15(3,4)5)12-20-10-13(2)9-19-7/h13H,8-12H2,1-7H3,(H,17,18). The van der Waals surface area contributed by atoms with E-state index < -0.39 is 0 Å². The summed E-state index contributed by atoms with van der Waals surface area (Å²) in [4.78, 5) is 11.9. The van der Waals surface area contributed by atoms with Crippen LogP contribution in [0.3, 0.4) is 0 Å². The second-order valence-corrected chi connectivity index (χ2v) is 7.17. The molecule has 4 nitrogen and oxygen atoms in total. The second kappa shape index (κ2) is 8.63. The highest BCUT2D eigenvalue weighted by Gasteiger charge is 2.27. The quantitative estimate of drug-likeness (QED) is 0.709. The zero-order valence-corrected chi connectivity index (χ0v) is 14.3. The monoisotopic (exact) mass is 287 g/mol. The number of rotatable bonds is 9. The van der Waals surface area contributed by atoms with Crippen LogP contribution >= 0.6 is 0 Å². The highest BCUT2D eigenvalue weighted by atomic mass is 16.5. The van der Waals surface area contributed by atoms with E-state index in [1.807, 2.05) is 20.8 Å². The summed E-state index contributed by atoms with van der Waals surface area (Å²) < 4.78 is 10.9. The number of hydrogen-bond donors (Lipinski definition) is 1. The Kier molecular flexibility index (Phi) is 8.36. The van der Waals surface area contributed by atoms with E-state index in [1.165, 1.54) is 0 Å². The molecule has 20 heavy (non-hydrogen) atoms. The van der Waals surface area contributed by atoms with E-state index in [9.17, 15) is 4.79 Å². The fourth-order valence-corrected chi connectivity index (χ4v) is 1.68. The molecule has 4 heteroatoms. The predicted octanol–water partition coefficient (Wildman–Crippen LogP) is 2.86. The maximum absolute atomic E-state index is 11.9. The average molecular weight is 287 g/mol. The van der Waals surface area contributed by atoms with Crippen molar-refractivity contribution in [3.63, 3.8) is 0 Å². The van der Waals surface area contributed by atoms with Crippen LogP contribution in [-0.2, 0) is 14.3 Å². The summed E-state index contributed by atoms with van der Waals surface area (Å²) in [6.07, 6.45) is 0.968. The second-order valence-electron chi connectivity index (χ2n) is 7.17. The number of nitrogens with one attached hydrogen (secondary N) is 1. The van der Waals surface area contributed by atoms with Crippen molar-refractivity contribution in [1.82, 2.24) is 5.32 Å². The topological polar surface area (TPSA) is 47.6 Å². The Morgan fingerprint density at radius 1 is 1.20 bits per heavy atom. The van der Waals surface area contributed by atoms with Crippen LogP contribution in [0.25, 0.3) is 0 Å². The molecule has 0 aliphatic rings. The molecule has 0 aromatic heterocycles. The minimum Gasteiger partial charge on any atom is -0.384 e. The number of carbonyl (C=O) groups excluding carboxylic acids is 1. The molecule has 0 fully saturated rings. The van der Waals surface area contributed by atoms with Gasteiger partial charge in [0.25, 0.3) is 0 Å². The number of amides is 1. The van der Waals surface area contributed by atoms with Gasteiger partial charge in [-0.3, -0.25) is 4.79 Å². The lowest BCUT2D eigenvalue weighted by Crippen LogP contribution is -2.43. The fourth-order valence-electron chi connectivity index (χ4n) is 1.68. The van der Waals surface area contributed by atoms with Gasteiger partial charge in [0, 0.05) is 30.4 Å². The van der Waals surface area contributed by atoms with E-state index in [2.05, 4.69) is 26.1 Å². The lowest BCUT2D eigenvalue weighted by molar-refractivity contribution is -0.129. The van der Waals surface area contributed by atoms with E-state index in [-0.39, 0.29) is 16.7 Å². The third kappa shape index (κ3) is 7.85. The van der Waals surface area contributed by atoms with Gasteiger partial charge in [0.05, 0.1) is 19.8 Å². The molecule has 0 bridgehead atoms. The summed E-state index contributed by atoms with van der Waals surface area (Å²) in [5.74, 6) is 0.482. The number of methoxy groups -OCH3 is 1. The minimum atomic E-state index is -0.345. The molecule has 2 unspecified atom stereocenters. The van der Waals surface area contributed by atoms with Gasteiger partial charge < -0.3 is 14.8 Å². The molecular weight excluding hydrogens is 254 g/mol. The van der Waals surface area contributed by atoms with Crippen molar-refractivity contribution in [3.05, 3.63) is 0 Å². The van der Waals surface area contributed by atoms with Gasteiger partial charge in [-0.2, -0.15) is 0 Å². The van der Waals surface area contributed by atoms with Crippen LogP contribution in [0, 0.1) is 16.7 Å². The first kappa shape index (κ1) is 19.4. The van der Waals surface area contributed by atoms with Crippen molar-refractivity contribution in [2.75, 3.05) is 33.5 Å². The number of carbonyl (C=O) groups is 1. The van der Waals surface area contributed by atoms with Crippen LogP contribution in [-0.4, -0.2) is 39.4 Å². The van der Waals surface area contributed by atoms with Crippen molar-refractivity contribution in [2.24, 2.45) is 16.7 Å². The van der Waals surface area contributed by atoms with Gasteiger partial charge in [-0.05, 0) is 6.42 Å². The average Bonchev–Trinajstić information content (AvgIpc) is 2.35. The van der Waals surface area contributed by atoms with Crippen LogP contribution in [0.4, 0.5) is 0 Å². The molecule has 120 valence electrons. The molecule has 1 amide bonds. The van der Waals surface area contributed by atoms with Gasteiger partial charge in [0.2, 0.25) is 5.91 Å². The van der Waals surface area contributed by atoms with E-state index in [0.29, 0.717) is 32.3 Å². The molecular formula is C16H33NO3. The van der Waals surface area contributed by atoms with Gasteiger partial charge in [-0.15, -0.1) is 0 Å². The molecule has 0 aromatic rings. The van der Waals surface area contributed by atoms with E-state index in [4.69, 9.17) is 9.47 Å². The Labute approximate surface area is 124 Å². The normalized spacial score (nSPS) is 16.6. The largest absolute Gasteiger partial charge is 0.384 e. The van der Waals surface area contributed by atoms with Gasteiger partial charge in [0.15, 0.2) is 0 Å². The molecule has 0 aliphatic heterocycles. The van der Waals surface area contributed by atoms with Crippen LogP contribution in [0.2, 0.25) is 0 Å². The Morgan fingerprint density at radius 3 is 2.25 bits per heavy atom. The van der Waals surface area contributed by atoms with E-state index in [0.717, 1.165) is 6.42 Å². The first-order valence-corrected chi connectivity index (χ1v) is 7.49. The summed E-state index contributed by atoms with van der Waals surface area (Å²) in [5.41, 5.74) is -0.365. The zero-order chi connectivity index (χ0) is 15.8. The lowest BCUT2D eigenvalue weighted by Gasteiger charge is -2.30. The van der Waals surface area contributed by atoms with Crippen LogP contribution in [0.15, 0.2) is 0 Å². The number of ether oxygens (including phenoxy) is 2. The molecule has 0 heterocycles. The Bertz CT molecular complexity index is 286. The molecule has 0 radical (unpaired) electrons. The summed E-state index contributed by atoms with van der Waals surface area (Å²) in [7, 11) is 1.70. The van der Waals surface area contributed by atoms with Crippen molar-refractivity contribution in [3.8, 4) is 0 Å². The first-order valence-electron chi connectivity index (χ1n) is 7.49. The molecule has 0 aliphatic carbocycles. The van der Waals surface area contributed by atoms with Crippen molar-refractivity contribution in [2.45, 2.75) is 48.0 Å². The number of hydrogen-bond acceptors (Lipinski definition) is 3. The van der Waals surface area contributed by atoms with Crippen LogP contribution in [0.1, 0.15) is 48.0 Å². The van der Waals surface area contributed by atoms with E-state index >= 15 is 0 Å². The maximum atomic E-state index is 11.9. The molecule has 0 rings (SSSR count). The maximum Gasteiger partial charge on any atom is 0.225 e. The Hall–Kier alpha value is -0.610. The summed E-state index contributed by atoms with van der Waals surface area (Å²) in [5, 5.41) is 3.03. The van der Waals surface area contributed by atoms with Crippen molar-refractivity contribution < 1.29 is 14.3 Å². The highest BCUT2D eigenvalue weighted by Crippen LogP contribution is 2.22. The molecule has 1 N–H and O–H groups in total. The van der Waals surface area contributed by atoms with Crippen LogP contribution in [0.5, 0.6) is 0 Å². The van der Waals surface area contributed by atoms with Gasteiger partial charge in [-0.1, -0.05) is 41.5 Å². The zero-order valence-electron chi connectivity index (χ0n) is 14.3. The molecule has 0 saturated carbocycles. The molecule has 2 atom stereocenters. The SMILES string of the molecule is CCC(C)(CNC(=O)C(C)(C)C)COCC(C)COC. The Balaban J connectivity index is 4.17.